The highest BCUT2D eigenvalue weighted by Crippen LogP contribution is 2.23. The summed E-state index contributed by atoms with van der Waals surface area (Å²) < 4.78 is 18.4. The van der Waals surface area contributed by atoms with Crippen molar-refractivity contribution in [1.29, 1.82) is 0 Å². The van der Waals surface area contributed by atoms with Gasteiger partial charge < -0.3 is 14.3 Å². The molecule has 1 saturated heterocycles. The molecule has 0 N–H and O–H groups in total. The Morgan fingerprint density at radius 1 is 0.767 bits per heavy atom. The van der Waals surface area contributed by atoms with Crippen LogP contribution in [0.4, 0.5) is 15.9 Å². The number of benzene rings is 2. The molecular weight excluding hydrogens is 383 g/mol. The quantitative estimate of drug-likeness (QED) is 0.516. The fourth-order valence-corrected chi connectivity index (χ4v) is 3.48. The van der Waals surface area contributed by atoms with E-state index in [2.05, 4.69) is 54.4 Å². The van der Waals surface area contributed by atoms with Crippen molar-refractivity contribution >= 4 is 11.5 Å². The molecule has 0 amide bonds. The second kappa shape index (κ2) is 7.90. The summed E-state index contributed by atoms with van der Waals surface area (Å²) in [5, 5.41) is 12.6. The lowest BCUT2D eigenvalue weighted by molar-refractivity contribution is 0.430. The summed E-state index contributed by atoms with van der Waals surface area (Å²) in [6, 6.07) is 20.1. The van der Waals surface area contributed by atoms with E-state index in [1.165, 1.54) is 17.8 Å². The molecule has 0 atom stereocenters. The third kappa shape index (κ3) is 3.71. The SMILES string of the molecule is Fc1ccc(-c2noc(-c3ccc(N4CCN(c5ccccc5)CC4)nn3)n2)cc1. The van der Waals surface area contributed by atoms with Gasteiger partial charge in [-0.2, -0.15) is 4.98 Å². The van der Waals surface area contributed by atoms with Gasteiger partial charge in [-0.25, -0.2) is 4.39 Å². The Kier molecular flexibility index (Phi) is 4.80. The van der Waals surface area contributed by atoms with Crippen LogP contribution in [0.15, 0.2) is 71.3 Å². The molecule has 1 aliphatic rings. The maximum atomic E-state index is 13.1. The van der Waals surface area contributed by atoms with E-state index in [4.69, 9.17) is 4.52 Å². The number of para-hydroxylation sites is 1. The Morgan fingerprint density at radius 3 is 2.20 bits per heavy atom. The van der Waals surface area contributed by atoms with E-state index in [1.54, 1.807) is 12.1 Å². The highest BCUT2D eigenvalue weighted by Gasteiger charge is 2.19. The van der Waals surface area contributed by atoms with Crippen molar-refractivity contribution in [2.45, 2.75) is 0 Å². The molecule has 2 aromatic heterocycles. The van der Waals surface area contributed by atoms with Crippen molar-refractivity contribution in [3.63, 3.8) is 0 Å². The van der Waals surface area contributed by atoms with E-state index in [1.807, 2.05) is 18.2 Å². The minimum atomic E-state index is -0.312. The summed E-state index contributed by atoms with van der Waals surface area (Å²) in [4.78, 5) is 8.93. The molecule has 7 nitrogen and oxygen atoms in total. The van der Waals surface area contributed by atoms with Crippen molar-refractivity contribution < 1.29 is 8.91 Å². The summed E-state index contributed by atoms with van der Waals surface area (Å²) in [5.74, 6) is 1.17. The maximum Gasteiger partial charge on any atom is 0.278 e. The lowest BCUT2D eigenvalue weighted by Gasteiger charge is -2.36. The third-order valence-corrected chi connectivity index (χ3v) is 5.12. The Bertz CT molecular complexity index is 1110. The monoisotopic (exact) mass is 402 g/mol. The second-order valence-corrected chi connectivity index (χ2v) is 7.02. The van der Waals surface area contributed by atoms with Crippen molar-refractivity contribution in [2.24, 2.45) is 0 Å². The van der Waals surface area contributed by atoms with E-state index in [0.29, 0.717) is 17.1 Å². The van der Waals surface area contributed by atoms with Crippen LogP contribution in [0, 0.1) is 5.82 Å². The molecule has 0 saturated carbocycles. The zero-order chi connectivity index (χ0) is 20.3. The van der Waals surface area contributed by atoms with Gasteiger partial charge in [0.2, 0.25) is 5.82 Å². The minimum Gasteiger partial charge on any atom is -0.368 e. The number of nitrogens with zero attached hydrogens (tertiary/aromatic N) is 6. The number of piperazine rings is 1. The molecule has 0 radical (unpaired) electrons. The Balaban J connectivity index is 1.26. The zero-order valence-corrected chi connectivity index (χ0v) is 16.1. The van der Waals surface area contributed by atoms with Gasteiger partial charge in [-0.15, -0.1) is 10.2 Å². The average Bonchev–Trinajstić information content (AvgIpc) is 3.31. The molecule has 2 aromatic carbocycles. The van der Waals surface area contributed by atoms with Crippen LogP contribution in [0.25, 0.3) is 23.0 Å². The predicted octanol–water partition coefficient (Wildman–Crippen LogP) is 3.66. The van der Waals surface area contributed by atoms with Crippen LogP contribution in [0.5, 0.6) is 0 Å². The molecule has 0 bridgehead atoms. The topological polar surface area (TPSA) is 71.2 Å². The predicted molar refractivity (Wildman–Crippen MR) is 112 cm³/mol. The number of halogens is 1. The number of hydrogen-bond donors (Lipinski definition) is 0. The molecule has 150 valence electrons. The summed E-state index contributed by atoms with van der Waals surface area (Å²) in [7, 11) is 0. The molecule has 4 aromatic rings. The van der Waals surface area contributed by atoms with Gasteiger partial charge in [0, 0.05) is 37.4 Å². The third-order valence-electron chi connectivity index (χ3n) is 5.12. The molecule has 0 unspecified atom stereocenters. The highest BCUT2D eigenvalue weighted by atomic mass is 19.1. The van der Waals surface area contributed by atoms with E-state index < -0.39 is 0 Å². The Hall–Kier alpha value is -3.81. The smallest absolute Gasteiger partial charge is 0.278 e. The molecule has 3 heterocycles. The molecular formula is C22H19FN6O. The number of rotatable bonds is 4. The summed E-state index contributed by atoms with van der Waals surface area (Å²) >= 11 is 0. The van der Waals surface area contributed by atoms with Crippen LogP contribution in [-0.4, -0.2) is 46.5 Å². The van der Waals surface area contributed by atoms with Gasteiger partial charge in [0.15, 0.2) is 11.5 Å². The maximum absolute atomic E-state index is 13.1. The van der Waals surface area contributed by atoms with Crippen LogP contribution in [-0.2, 0) is 0 Å². The zero-order valence-electron chi connectivity index (χ0n) is 16.1. The summed E-state index contributed by atoms with van der Waals surface area (Å²) in [6.07, 6.45) is 0. The van der Waals surface area contributed by atoms with Crippen LogP contribution < -0.4 is 9.80 Å². The van der Waals surface area contributed by atoms with Crippen molar-refractivity contribution in [2.75, 3.05) is 36.0 Å². The molecule has 8 heteroatoms. The largest absolute Gasteiger partial charge is 0.368 e. The van der Waals surface area contributed by atoms with Crippen molar-refractivity contribution in [1.82, 2.24) is 20.3 Å². The van der Waals surface area contributed by atoms with Gasteiger partial charge in [0.25, 0.3) is 5.89 Å². The van der Waals surface area contributed by atoms with E-state index in [-0.39, 0.29) is 11.7 Å². The van der Waals surface area contributed by atoms with Crippen LogP contribution in [0.2, 0.25) is 0 Å². The molecule has 0 spiro atoms. The number of hydrogen-bond acceptors (Lipinski definition) is 7. The Morgan fingerprint density at radius 2 is 1.50 bits per heavy atom. The first-order chi connectivity index (χ1) is 14.8. The first-order valence-corrected chi connectivity index (χ1v) is 9.75. The summed E-state index contributed by atoms with van der Waals surface area (Å²) in [6.45, 7) is 3.60. The van der Waals surface area contributed by atoms with Crippen molar-refractivity contribution in [3.05, 3.63) is 72.5 Å². The Labute approximate surface area is 172 Å². The van der Waals surface area contributed by atoms with Crippen LogP contribution in [0.1, 0.15) is 0 Å². The summed E-state index contributed by atoms with van der Waals surface area (Å²) in [5.41, 5.74) is 2.42. The van der Waals surface area contributed by atoms with Crippen molar-refractivity contribution in [3.8, 4) is 23.0 Å². The van der Waals surface area contributed by atoms with Gasteiger partial charge in [0.1, 0.15) is 5.82 Å². The van der Waals surface area contributed by atoms with Gasteiger partial charge in [-0.3, -0.25) is 0 Å². The average molecular weight is 402 g/mol. The lowest BCUT2D eigenvalue weighted by atomic mass is 10.2. The first kappa shape index (κ1) is 18.2. The number of aromatic nitrogens is 4. The van der Waals surface area contributed by atoms with Crippen LogP contribution >= 0.6 is 0 Å². The van der Waals surface area contributed by atoms with E-state index >= 15 is 0 Å². The van der Waals surface area contributed by atoms with Crippen LogP contribution in [0.3, 0.4) is 0 Å². The van der Waals surface area contributed by atoms with Gasteiger partial charge in [0.05, 0.1) is 0 Å². The van der Waals surface area contributed by atoms with Gasteiger partial charge in [-0.1, -0.05) is 23.4 Å². The normalized spacial score (nSPS) is 14.2. The molecule has 1 fully saturated rings. The highest BCUT2D eigenvalue weighted by molar-refractivity contribution is 5.58. The van der Waals surface area contributed by atoms with Gasteiger partial charge >= 0.3 is 0 Å². The second-order valence-electron chi connectivity index (χ2n) is 7.02. The van der Waals surface area contributed by atoms with E-state index in [9.17, 15) is 4.39 Å². The standard InChI is InChI=1S/C22H19FN6O/c23-17-8-6-16(7-9-17)21-24-22(30-27-21)19-10-11-20(26-25-19)29-14-12-28(13-15-29)18-4-2-1-3-5-18/h1-11H,12-15H2. The fraction of sp³-hybridized carbons (Fsp3) is 0.182. The lowest BCUT2D eigenvalue weighted by Crippen LogP contribution is -2.46. The first-order valence-electron chi connectivity index (χ1n) is 9.75. The molecule has 30 heavy (non-hydrogen) atoms. The number of anilines is 2. The van der Waals surface area contributed by atoms with E-state index in [0.717, 1.165) is 32.0 Å². The molecule has 5 rings (SSSR count). The molecule has 1 aliphatic heterocycles. The molecule has 0 aliphatic carbocycles. The minimum absolute atomic E-state index is 0.280. The van der Waals surface area contributed by atoms with Gasteiger partial charge in [-0.05, 0) is 48.5 Å². The fourth-order valence-electron chi connectivity index (χ4n) is 3.48.